The van der Waals surface area contributed by atoms with Crippen LogP contribution < -0.4 is 0 Å². The van der Waals surface area contributed by atoms with E-state index in [2.05, 4.69) is 62.4 Å². The Hall–Kier alpha value is -1.90. The van der Waals surface area contributed by atoms with Crippen molar-refractivity contribution >= 4 is 11.3 Å². The molecule has 0 aliphatic carbocycles. The Morgan fingerprint density at radius 2 is 1.41 bits per heavy atom. The minimum absolute atomic E-state index is 0.0844. The van der Waals surface area contributed by atoms with Crippen LogP contribution in [0.5, 0.6) is 0 Å². The van der Waals surface area contributed by atoms with E-state index in [1.807, 2.05) is 12.1 Å². The zero-order valence-electron chi connectivity index (χ0n) is 12.9. The van der Waals surface area contributed by atoms with E-state index in [1.54, 1.807) is 11.3 Å². The van der Waals surface area contributed by atoms with Gasteiger partial charge in [-0.05, 0) is 17.0 Å². The third kappa shape index (κ3) is 2.72. The van der Waals surface area contributed by atoms with Crippen molar-refractivity contribution in [3.05, 3.63) is 71.1 Å². The maximum absolute atomic E-state index is 9.98. The molecule has 0 aliphatic heterocycles. The van der Waals surface area contributed by atoms with Crippen molar-refractivity contribution < 1.29 is 5.11 Å². The summed E-state index contributed by atoms with van der Waals surface area (Å²) >= 11 is 1.81. The van der Waals surface area contributed by atoms with Crippen LogP contribution >= 0.6 is 11.3 Å². The summed E-state index contributed by atoms with van der Waals surface area (Å²) in [7, 11) is 0. The largest absolute Gasteiger partial charge is 0.392 e. The van der Waals surface area contributed by atoms with E-state index in [0.717, 1.165) is 5.56 Å². The predicted octanol–water partition coefficient (Wildman–Crippen LogP) is 5.70. The molecule has 1 N–H and O–H groups in total. The van der Waals surface area contributed by atoms with Gasteiger partial charge in [-0.15, -0.1) is 11.3 Å². The summed E-state index contributed by atoms with van der Waals surface area (Å²) in [5.41, 5.74) is 4.65. The van der Waals surface area contributed by atoms with Gasteiger partial charge in [0.15, 0.2) is 0 Å². The molecule has 0 unspecified atom stereocenters. The van der Waals surface area contributed by atoms with E-state index >= 15 is 0 Å². The van der Waals surface area contributed by atoms with Gasteiger partial charge in [-0.25, -0.2) is 0 Å². The van der Waals surface area contributed by atoms with Crippen LogP contribution in [0.15, 0.2) is 60.7 Å². The van der Waals surface area contributed by atoms with Crippen LogP contribution in [0.25, 0.3) is 21.6 Å². The smallest absolute Gasteiger partial charge is 0.0699 e. The number of aliphatic hydroxyl groups excluding tert-OH is 1. The summed E-state index contributed by atoms with van der Waals surface area (Å²) < 4.78 is 0. The number of thiophene rings is 1. The molecule has 22 heavy (non-hydrogen) atoms. The first-order valence-corrected chi connectivity index (χ1v) is 8.41. The molecule has 0 amide bonds. The minimum atomic E-state index is 0.0844. The lowest BCUT2D eigenvalue weighted by molar-refractivity contribution is 0.281. The van der Waals surface area contributed by atoms with Crippen molar-refractivity contribution in [2.75, 3.05) is 0 Å². The summed E-state index contributed by atoms with van der Waals surface area (Å²) in [5, 5.41) is 9.98. The number of hydrogen-bond acceptors (Lipinski definition) is 2. The van der Waals surface area contributed by atoms with Crippen molar-refractivity contribution in [1.29, 1.82) is 0 Å². The lowest BCUT2D eigenvalue weighted by Gasteiger charge is -2.09. The van der Waals surface area contributed by atoms with Crippen LogP contribution in [0.3, 0.4) is 0 Å². The third-order valence-electron chi connectivity index (χ3n) is 3.82. The molecule has 3 rings (SSSR count). The second-order valence-electron chi connectivity index (χ2n) is 5.69. The molecule has 2 heteroatoms. The van der Waals surface area contributed by atoms with E-state index in [4.69, 9.17) is 0 Å². The van der Waals surface area contributed by atoms with Gasteiger partial charge in [-0.2, -0.15) is 0 Å². The Morgan fingerprint density at radius 1 is 0.864 bits per heavy atom. The molecule has 0 spiro atoms. The van der Waals surface area contributed by atoms with E-state index in [1.165, 1.54) is 26.4 Å². The molecule has 0 aliphatic rings. The Morgan fingerprint density at radius 3 is 1.91 bits per heavy atom. The van der Waals surface area contributed by atoms with Crippen molar-refractivity contribution in [1.82, 2.24) is 0 Å². The number of aliphatic hydroxyl groups is 1. The first-order valence-electron chi connectivity index (χ1n) is 7.59. The zero-order chi connectivity index (χ0) is 15.5. The molecule has 0 saturated heterocycles. The standard InChI is InChI=1S/C20H20OS/c1-14(2)19-17(13-21)18(15-9-5-3-6-10-15)20(22-19)16-11-7-4-8-12-16/h3-12,14,21H,13H2,1-2H3. The molecule has 1 heterocycles. The van der Waals surface area contributed by atoms with E-state index < -0.39 is 0 Å². The molecule has 0 radical (unpaired) electrons. The Labute approximate surface area is 135 Å². The molecular formula is C20H20OS. The summed E-state index contributed by atoms with van der Waals surface area (Å²) in [6, 6.07) is 20.8. The van der Waals surface area contributed by atoms with Gasteiger partial charge in [-0.1, -0.05) is 74.5 Å². The van der Waals surface area contributed by atoms with Gasteiger partial charge in [0.05, 0.1) is 6.61 Å². The fourth-order valence-corrected chi connectivity index (χ4v) is 4.15. The van der Waals surface area contributed by atoms with Crippen molar-refractivity contribution in [3.8, 4) is 21.6 Å². The summed E-state index contributed by atoms with van der Waals surface area (Å²) in [4.78, 5) is 2.53. The maximum atomic E-state index is 9.98. The van der Waals surface area contributed by atoms with Crippen LogP contribution in [0.1, 0.15) is 30.2 Å². The molecule has 1 nitrogen and oxygen atoms in total. The number of rotatable bonds is 4. The van der Waals surface area contributed by atoms with E-state index in [9.17, 15) is 5.11 Å². The van der Waals surface area contributed by atoms with Crippen molar-refractivity contribution in [3.63, 3.8) is 0 Å². The Bertz CT molecular complexity index is 742. The molecule has 0 saturated carbocycles. The van der Waals surface area contributed by atoms with Crippen LogP contribution in [0, 0.1) is 0 Å². The second kappa shape index (κ2) is 6.47. The van der Waals surface area contributed by atoms with Crippen LogP contribution in [0.4, 0.5) is 0 Å². The summed E-state index contributed by atoms with van der Waals surface area (Å²) in [6.07, 6.45) is 0. The lowest BCUT2D eigenvalue weighted by Crippen LogP contribution is -1.93. The fraction of sp³-hybridized carbons (Fsp3) is 0.200. The number of hydrogen-bond donors (Lipinski definition) is 1. The first-order chi connectivity index (χ1) is 10.7. The average molecular weight is 308 g/mol. The molecule has 2 aromatic carbocycles. The molecule has 112 valence electrons. The summed E-state index contributed by atoms with van der Waals surface area (Å²) in [6.45, 7) is 4.46. The predicted molar refractivity (Wildman–Crippen MR) is 95.2 cm³/mol. The van der Waals surface area contributed by atoms with Crippen LogP contribution in [0.2, 0.25) is 0 Å². The summed E-state index contributed by atoms with van der Waals surface area (Å²) in [5.74, 6) is 0.409. The normalized spacial score (nSPS) is 11.1. The van der Waals surface area contributed by atoms with Crippen LogP contribution in [-0.2, 0) is 6.61 Å². The molecule has 3 aromatic rings. The quantitative estimate of drug-likeness (QED) is 0.655. The monoisotopic (exact) mass is 308 g/mol. The average Bonchev–Trinajstić information content (AvgIpc) is 2.96. The zero-order valence-corrected chi connectivity index (χ0v) is 13.7. The topological polar surface area (TPSA) is 20.2 Å². The fourth-order valence-electron chi connectivity index (χ4n) is 2.81. The SMILES string of the molecule is CC(C)c1sc(-c2ccccc2)c(-c2ccccc2)c1CO. The molecule has 0 fully saturated rings. The van der Waals surface area contributed by atoms with Crippen LogP contribution in [-0.4, -0.2) is 5.11 Å². The van der Waals surface area contributed by atoms with Gasteiger partial charge in [0.2, 0.25) is 0 Å². The maximum Gasteiger partial charge on any atom is 0.0699 e. The molecular weight excluding hydrogens is 288 g/mol. The highest BCUT2D eigenvalue weighted by molar-refractivity contribution is 7.16. The van der Waals surface area contributed by atoms with E-state index in [0.29, 0.717) is 5.92 Å². The highest BCUT2D eigenvalue weighted by Crippen LogP contribution is 2.45. The first kappa shape index (κ1) is 15.0. The highest BCUT2D eigenvalue weighted by atomic mass is 32.1. The van der Waals surface area contributed by atoms with Gasteiger partial charge < -0.3 is 5.11 Å². The van der Waals surface area contributed by atoms with Crippen molar-refractivity contribution in [2.45, 2.75) is 26.4 Å². The van der Waals surface area contributed by atoms with Gasteiger partial charge in [0.1, 0.15) is 0 Å². The molecule has 0 atom stereocenters. The van der Waals surface area contributed by atoms with Crippen molar-refractivity contribution in [2.24, 2.45) is 0 Å². The van der Waals surface area contributed by atoms with Gasteiger partial charge in [-0.3, -0.25) is 0 Å². The number of benzene rings is 2. The van der Waals surface area contributed by atoms with Gasteiger partial charge >= 0.3 is 0 Å². The van der Waals surface area contributed by atoms with Gasteiger partial charge in [0, 0.05) is 20.9 Å². The van der Waals surface area contributed by atoms with E-state index in [-0.39, 0.29) is 6.61 Å². The second-order valence-corrected chi connectivity index (χ2v) is 6.75. The molecule has 0 bridgehead atoms. The highest BCUT2D eigenvalue weighted by Gasteiger charge is 2.21. The minimum Gasteiger partial charge on any atom is -0.392 e. The molecule has 1 aromatic heterocycles. The lowest BCUT2D eigenvalue weighted by atomic mass is 9.95. The third-order valence-corrected chi connectivity index (χ3v) is 5.40. The van der Waals surface area contributed by atoms with Gasteiger partial charge in [0.25, 0.3) is 0 Å². The Balaban J connectivity index is 2.29. The Kier molecular flexibility index (Phi) is 4.41.